The Balaban J connectivity index is 2.62. The number of allylic oxidation sites excluding steroid dienone is 19. The molecule has 2 atom stereocenters. The van der Waals surface area contributed by atoms with Crippen LogP contribution in [0, 0.1) is 5.41 Å². The van der Waals surface area contributed by atoms with Gasteiger partial charge < -0.3 is 10.2 Å². The third kappa shape index (κ3) is 14.6. The molecule has 0 bridgehead atoms. The average Bonchev–Trinajstić information content (AvgIpc) is 2.84. The zero-order chi connectivity index (χ0) is 29.4. The third-order valence-electron chi connectivity index (χ3n) is 6.70. The van der Waals surface area contributed by atoms with E-state index in [1.165, 1.54) is 22.8 Å². The maximum atomic E-state index is 11.7. The van der Waals surface area contributed by atoms with Crippen molar-refractivity contribution in [3.8, 4) is 0 Å². The van der Waals surface area contributed by atoms with Crippen molar-refractivity contribution in [2.75, 3.05) is 0 Å². The van der Waals surface area contributed by atoms with Crippen LogP contribution in [0.15, 0.2) is 119 Å². The van der Waals surface area contributed by atoms with E-state index in [0.29, 0.717) is 6.42 Å². The molecule has 212 valence electrons. The molecule has 2 unspecified atom stereocenters. The van der Waals surface area contributed by atoms with Crippen LogP contribution in [0.2, 0.25) is 0 Å². The number of aliphatic hydroxyl groups is 2. The number of rotatable bonds is 13. The van der Waals surface area contributed by atoms with Gasteiger partial charge in [0.05, 0.1) is 12.2 Å². The molecule has 0 aromatic rings. The van der Waals surface area contributed by atoms with E-state index >= 15 is 0 Å². The van der Waals surface area contributed by atoms with Gasteiger partial charge in [-0.3, -0.25) is 4.79 Å². The minimum Gasteiger partial charge on any atom is -0.393 e. The van der Waals surface area contributed by atoms with Crippen LogP contribution >= 0.6 is 0 Å². The smallest absolute Gasteiger partial charge is 0.158 e. The first-order valence-corrected chi connectivity index (χ1v) is 14.0. The summed E-state index contributed by atoms with van der Waals surface area (Å²) in [7, 11) is 0. The Labute approximate surface area is 237 Å². The summed E-state index contributed by atoms with van der Waals surface area (Å²) in [5.41, 5.74) is 7.12. The van der Waals surface area contributed by atoms with Crippen molar-refractivity contribution in [1.82, 2.24) is 0 Å². The standard InChI is InChI=1S/C36H50O3/c1-9-32(37)25-33(38)19-13-18-29(4)21-20-28(3)15-11-10-14-27(2)16-12-17-30(5)22-23-35-31(6)24-34(39)26-36(35,7)8/h10-23,32,34,37,39H,9,24-26H2,1-8H3/b11-10+,16-12+,19-13+,21-20+,23-22+,27-14+,28-15+,29-18+,30-17+. The molecule has 1 aliphatic carbocycles. The van der Waals surface area contributed by atoms with Crippen LogP contribution in [0.4, 0.5) is 0 Å². The molecule has 1 aliphatic rings. The van der Waals surface area contributed by atoms with E-state index in [2.05, 4.69) is 77.2 Å². The van der Waals surface area contributed by atoms with Gasteiger partial charge in [-0.15, -0.1) is 0 Å². The highest BCUT2D eigenvalue weighted by Crippen LogP contribution is 2.41. The van der Waals surface area contributed by atoms with Gasteiger partial charge in [0, 0.05) is 6.42 Å². The molecular weight excluding hydrogens is 480 g/mol. The molecule has 0 fully saturated rings. The van der Waals surface area contributed by atoms with Crippen molar-refractivity contribution >= 4 is 5.78 Å². The van der Waals surface area contributed by atoms with Gasteiger partial charge in [-0.1, -0.05) is 128 Å². The first-order chi connectivity index (χ1) is 18.3. The molecule has 0 saturated carbocycles. The molecule has 0 aromatic heterocycles. The quantitative estimate of drug-likeness (QED) is 0.185. The summed E-state index contributed by atoms with van der Waals surface area (Å²) in [6, 6.07) is 0. The molecule has 3 nitrogen and oxygen atoms in total. The van der Waals surface area contributed by atoms with Crippen molar-refractivity contribution in [2.24, 2.45) is 5.41 Å². The normalized spacial score (nSPS) is 21.0. The van der Waals surface area contributed by atoms with Gasteiger partial charge in [-0.25, -0.2) is 0 Å². The number of carbonyl (C=O) groups excluding carboxylic acids is 1. The summed E-state index contributed by atoms with van der Waals surface area (Å²) in [5, 5.41) is 19.6. The lowest BCUT2D eigenvalue weighted by atomic mass is 9.71. The minimum atomic E-state index is -0.560. The zero-order valence-corrected chi connectivity index (χ0v) is 25.4. The predicted octanol–water partition coefficient (Wildman–Crippen LogP) is 8.78. The van der Waals surface area contributed by atoms with Crippen LogP contribution in [0.5, 0.6) is 0 Å². The first kappa shape index (κ1) is 34.0. The Hall–Kier alpha value is -3.01. The van der Waals surface area contributed by atoms with Gasteiger partial charge >= 0.3 is 0 Å². The fourth-order valence-corrected chi connectivity index (χ4v) is 4.40. The molecule has 0 aromatic carbocycles. The predicted molar refractivity (Wildman–Crippen MR) is 168 cm³/mol. The SMILES string of the molecule is CCC(O)CC(=O)/C=C/C=C(C)/C=C/C(C)=C/C=C/C=C(C)/C=C/C=C(C)/C=C/C1=C(C)CC(O)CC1(C)C. The number of hydrogen-bond acceptors (Lipinski definition) is 3. The van der Waals surface area contributed by atoms with Crippen molar-refractivity contribution in [1.29, 1.82) is 0 Å². The monoisotopic (exact) mass is 530 g/mol. The lowest BCUT2D eigenvalue weighted by Gasteiger charge is -2.35. The van der Waals surface area contributed by atoms with Gasteiger partial charge in [0.2, 0.25) is 0 Å². The van der Waals surface area contributed by atoms with E-state index in [1.54, 1.807) is 6.08 Å². The van der Waals surface area contributed by atoms with Gasteiger partial charge in [-0.2, -0.15) is 0 Å². The molecule has 0 saturated heterocycles. The van der Waals surface area contributed by atoms with E-state index in [1.807, 2.05) is 51.2 Å². The number of aliphatic hydroxyl groups excluding tert-OH is 2. The Morgan fingerprint density at radius 1 is 0.846 bits per heavy atom. The molecule has 0 amide bonds. The van der Waals surface area contributed by atoms with Crippen LogP contribution in [0.25, 0.3) is 0 Å². The van der Waals surface area contributed by atoms with Crippen molar-refractivity contribution in [3.63, 3.8) is 0 Å². The summed E-state index contributed by atoms with van der Waals surface area (Å²) >= 11 is 0. The second-order valence-corrected chi connectivity index (χ2v) is 11.3. The lowest BCUT2D eigenvalue weighted by Crippen LogP contribution is -2.28. The summed E-state index contributed by atoms with van der Waals surface area (Å²) in [6.07, 6.45) is 29.6. The topological polar surface area (TPSA) is 57.5 Å². The molecular formula is C36H50O3. The zero-order valence-electron chi connectivity index (χ0n) is 25.4. The van der Waals surface area contributed by atoms with E-state index in [9.17, 15) is 15.0 Å². The van der Waals surface area contributed by atoms with Crippen LogP contribution in [-0.4, -0.2) is 28.2 Å². The second-order valence-electron chi connectivity index (χ2n) is 11.3. The third-order valence-corrected chi connectivity index (χ3v) is 6.70. The van der Waals surface area contributed by atoms with Crippen LogP contribution in [-0.2, 0) is 4.79 Å². The fourth-order valence-electron chi connectivity index (χ4n) is 4.40. The Morgan fingerprint density at radius 3 is 1.87 bits per heavy atom. The molecule has 1 rings (SSSR count). The largest absolute Gasteiger partial charge is 0.393 e. The highest BCUT2D eigenvalue weighted by Gasteiger charge is 2.31. The van der Waals surface area contributed by atoms with E-state index in [4.69, 9.17) is 0 Å². The molecule has 0 heterocycles. The number of ketones is 1. The van der Waals surface area contributed by atoms with E-state index in [0.717, 1.165) is 29.6 Å². The van der Waals surface area contributed by atoms with E-state index < -0.39 is 6.10 Å². The summed E-state index contributed by atoms with van der Waals surface area (Å²) in [4.78, 5) is 11.7. The van der Waals surface area contributed by atoms with E-state index in [-0.39, 0.29) is 23.7 Å². The number of hydrogen-bond donors (Lipinski definition) is 2. The maximum Gasteiger partial charge on any atom is 0.158 e. The lowest BCUT2D eigenvalue weighted by molar-refractivity contribution is -0.116. The van der Waals surface area contributed by atoms with Gasteiger partial charge in [0.25, 0.3) is 0 Å². The van der Waals surface area contributed by atoms with Crippen molar-refractivity contribution in [2.45, 2.75) is 93.3 Å². The average molecular weight is 531 g/mol. The first-order valence-electron chi connectivity index (χ1n) is 14.0. The van der Waals surface area contributed by atoms with Crippen molar-refractivity contribution < 1.29 is 15.0 Å². The van der Waals surface area contributed by atoms with Gasteiger partial charge in [0.15, 0.2) is 5.78 Å². The Bertz CT molecular complexity index is 1120. The Morgan fingerprint density at radius 2 is 1.33 bits per heavy atom. The highest BCUT2D eigenvalue weighted by molar-refractivity contribution is 5.90. The summed E-state index contributed by atoms with van der Waals surface area (Å²) in [5.74, 6) is -0.0614. The fraction of sp³-hybridized carbons (Fsp3) is 0.417. The minimum absolute atomic E-state index is 0.00328. The van der Waals surface area contributed by atoms with Gasteiger partial charge in [-0.05, 0) is 70.9 Å². The summed E-state index contributed by atoms with van der Waals surface area (Å²) in [6.45, 7) is 16.6. The van der Waals surface area contributed by atoms with Gasteiger partial charge in [0.1, 0.15) is 0 Å². The number of carbonyl (C=O) groups is 1. The molecule has 2 N–H and O–H groups in total. The van der Waals surface area contributed by atoms with Crippen LogP contribution < -0.4 is 0 Å². The van der Waals surface area contributed by atoms with Crippen molar-refractivity contribution in [3.05, 3.63) is 119 Å². The molecule has 3 heteroatoms. The Kier molecular flexibility index (Phi) is 15.3. The molecule has 0 aliphatic heterocycles. The highest BCUT2D eigenvalue weighted by atomic mass is 16.3. The molecule has 39 heavy (non-hydrogen) atoms. The summed E-state index contributed by atoms with van der Waals surface area (Å²) < 4.78 is 0. The van der Waals surface area contributed by atoms with Crippen LogP contribution in [0.1, 0.15) is 81.1 Å². The molecule has 0 radical (unpaired) electrons. The maximum absolute atomic E-state index is 11.7. The molecule has 0 spiro atoms. The van der Waals surface area contributed by atoms with Crippen LogP contribution in [0.3, 0.4) is 0 Å². The second kappa shape index (κ2) is 17.6.